The topological polar surface area (TPSA) is 66.6 Å². The first-order chi connectivity index (χ1) is 12.2. The summed E-state index contributed by atoms with van der Waals surface area (Å²) in [5, 5.41) is 2.84. The van der Waals surface area contributed by atoms with Crippen molar-refractivity contribution in [3.63, 3.8) is 0 Å². The molecule has 1 amide bonds. The number of carbonyl (C=O) groups is 1. The molecule has 1 fully saturated rings. The molecule has 2 N–H and O–H groups in total. The second-order valence-electron chi connectivity index (χ2n) is 5.95. The summed E-state index contributed by atoms with van der Waals surface area (Å²) >= 11 is 3.32. The minimum atomic E-state index is -0.213. The van der Waals surface area contributed by atoms with Crippen molar-refractivity contribution >= 4 is 27.5 Å². The molecular weight excluding hydrogens is 386 g/mol. The number of benzene rings is 1. The summed E-state index contributed by atoms with van der Waals surface area (Å²) in [4.78, 5) is 17.5. The Bertz CT molecular complexity index is 726. The van der Waals surface area contributed by atoms with E-state index >= 15 is 0 Å². The van der Waals surface area contributed by atoms with E-state index in [1.165, 1.54) is 12.8 Å². The van der Waals surface area contributed by atoms with Gasteiger partial charge < -0.3 is 19.8 Å². The van der Waals surface area contributed by atoms with Crippen molar-refractivity contribution in [3.8, 4) is 11.5 Å². The van der Waals surface area contributed by atoms with Crippen LogP contribution in [0.15, 0.2) is 34.9 Å². The third-order valence-corrected chi connectivity index (χ3v) is 4.64. The van der Waals surface area contributed by atoms with Gasteiger partial charge in [0.1, 0.15) is 12.3 Å². The predicted octanol–water partition coefficient (Wildman–Crippen LogP) is 3.51. The van der Waals surface area contributed by atoms with Crippen molar-refractivity contribution in [1.82, 2.24) is 9.88 Å². The first-order valence-corrected chi connectivity index (χ1v) is 9.13. The summed E-state index contributed by atoms with van der Waals surface area (Å²) in [6, 6.07) is 7.12. The van der Waals surface area contributed by atoms with Gasteiger partial charge in [-0.15, -0.1) is 0 Å². The molecule has 7 heteroatoms. The number of aromatic nitrogens is 1. The second-order valence-corrected chi connectivity index (χ2v) is 6.86. The number of nitrogens with one attached hydrogen (secondary N) is 2. The Kier molecular flexibility index (Phi) is 5.99. The van der Waals surface area contributed by atoms with Crippen molar-refractivity contribution in [2.24, 2.45) is 0 Å². The first-order valence-electron chi connectivity index (χ1n) is 8.34. The summed E-state index contributed by atoms with van der Waals surface area (Å²) < 4.78 is 12.1. The molecule has 0 saturated carbocycles. The summed E-state index contributed by atoms with van der Waals surface area (Å²) in [6.45, 7) is 3.85. The van der Waals surface area contributed by atoms with E-state index in [-0.39, 0.29) is 5.91 Å². The standard InChI is InChI=1S/C18H22BrN3O3/c1-24-17-11-14(21-18(23)15-10-13(19)12-20-15)4-5-16(17)25-9-8-22-6-2-3-7-22/h4-5,10-12,20H,2-3,6-9H2,1H3,(H,21,23). The van der Waals surface area contributed by atoms with Crippen molar-refractivity contribution in [2.45, 2.75) is 12.8 Å². The van der Waals surface area contributed by atoms with Crippen LogP contribution >= 0.6 is 15.9 Å². The number of amides is 1. The summed E-state index contributed by atoms with van der Waals surface area (Å²) in [7, 11) is 1.59. The molecule has 1 saturated heterocycles. The second kappa shape index (κ2) is 8.40. The van der Waals surface area contributed by atoms with E-state index in [0.717, 1.165) is 24.1 Å². The van der Waals surface area contributed by atoms with Gasteiger partial charge in [-0.05, 0) is 60.1 Å². The van der Waals surface area contributed by atoms with Crippen molar-refractivity contribution in [3.05, 3.63) is 40.6 Å². The zero-order chi connectivity index (χ0) is 17.6. The third kappa shape index (κ3) is 4.76. The van der Waals surface area contributed by atoms with Crippen LogP contribution in [0.1, 0.15) is 23.3 Å². The van der Waals surface area contributed by atoms with Crippen LogP contribution < -0.4 is 14.8 Å². The minimum Gasteiger partial charge on any atom is -0.493 e. The van der Waals surface area contributed by atoms with Gasteiger partial charge in [0.25, 0.3) is 5.91 Å². The molecule has 0 radical (unpaired) electrons. The van der Waals surface area contributed by atoms with Crippen LogP contribution in [0.5, 0.6) is 11.5 Å². The largest absolute Gasteiger partial charge is 0.493 e. The highest BCUT2D eigenvalue weighted by atomic mass is 79.9. The molecule has 6 nitrogen and oxygen atoms in total. The van der Waals surface area contributed by atoms with E-state index in [4.69, 9.17) is 9.47 Å². The van der Waals surface area contributed by atoms with Crippen LogP contribution in [0, 0.1) is 0 Å². The number of nitrogens with zero attached hydrogens (tertiary/aromatic N) is 1. The van der Waals surface area contributed by atoms with Gasteiger partial charge in [-0.25, -0.2) is 0 Å². The number of hydrogen-bond donors (Lipinski definition) is 2. The molecule has 0 bridgehead atoms. The first kappa shape index (κ1) is 17.8. The fourth-order valence-electron chi connectivity index (χ4n) is 2.85. The monoisotopic (exact) mass is 407 g/mol. The molecule has 0 aliphatic carbocycles. The highest BCUT2D eigenvalue weighted by Gasteiger charge is 2.13. The zero-order valence-electron chi connectivity index (χ0n) is 14.2. The van der Waals surface area contributed by atoms with Gasteiger partial charge in [-0.1, -0.05) is 0 Å². The number of ether oxygens (including phenoxy) is 2. The Morgan fingerprint density at radius 1 is 1.28 bits per heavy atom. The highest BCUT2D eigenvalue weighted by Crippen LogP contribution is 2.30. The maximum atomic E-state index is 12.2. The van der Waals surface area contributed by atoms with E-state index < -0.39 is 0 Å². The fourth-order valence-corrected chi connectivity index (χ4v) is 3.20. The van der Waals surface area contributed by atoms with Gasteiger partial charge in [0, 0.05) is 29.0 Å². The molecule has 3 rings (SSSR count). The highest BCUT2D eigenvalue weighted by molar-refractivity contribution is 9.10. The van der Waals surface area contributed by atoms with Gasteiger partial charge in [-0.2, -0.15) is 0 Å². The number of H-pyrrole nitrogens is 1. The molecule has 0 spiro atoms. The average Bonchev–Trinajstić information content (AvgIpc) is 3.27. The van der Waals surface area contributed by atoms with Crippen molar-refractivity contribution < 1.29 is 14.3 Å². The molecule has 134 valence electrons. The van der Waals surface area contributed by atoms with E-state index in [0.29, 0.717) is 29.5 Å². The summed E-state index contributed by atoms with van der Waals surface area (Å²) in [5.41, 5.74) is 1.14. The lowest BCUT2D eigenvalue weighted by atomic mass is 10.2. The SMILES string of the molecule is COc1cc(NC(=O)c2cc(Br)c[nH]2)ccc1OCCN1CCCC1. The van der Waals surface area contributed by atoms with Gasteiger partial charge in [0.15, 0.2) is 11.5 Å². The number of rotatable bonds is 7. The molecule has 1 aliphatic rings. The maximum absolute atomic E-state index is 12.2. The third-order valence-electron chi connectivity index (χ3n) is 4.18. The van der Waals surface area contributed by atoms with Gasteiger partial charge in [-0.3, -0.25) is 9.69 Å². The van der Waals surface area contributed by atoms with Crippen molar-refractivity contribution in [2.75, 3.05) is 38.7 Å². The molecule has 1 aromatic carbocycles. The number of likely N-dealkylation sites (tertiary alicyclic amines) is 1. The number of hydrogen-bond acceptors (Lipinski definition) is 4. The molecular formula is C18H22BrN3O3. The van der Waals surface area contributed by atoms with E-state index in [1.54, 1.807) is 25.4 Å². The molecule has 1 aromatic heterocycles. The molecule has 2 aromatic rings. The van der Waals surface area contributed by atoms with Crippen LogP contribution in [-0.4, -0.2) is 49.1 Å². The smallest absolute Gasteiger partial charge is 0.272 e. The number of aromatic amines is 1. The number of anilines is 1. The number of halogens is 1. The van der Waals surface area contributed by atoms with E-state index in [1.807, 2.05) is 12.1 Å². The van der Waals surface area contributed by atoms with E-state index in [9.17, 15) is 4.79 Å². The lowest BCUT2D eigenvalue weighted by Gasteiger charge is -2.16. The fraction of sp³-hybridized carbons (Fsp3) is 0.389. The molecule has 25 heavy (non-hydrogen) atoms. The lowest BCUT2D eigenvalue weighted by molar-refractivity contribution is 0.102. The Labute approximate surface area is 155 Å². The molecule has 1 aliphatic heterocycles. The maximum Gasteiger partial charge on any atom is 0.272 e. The lowest BCUT2D eigenvalue weighted by Crippen LogP contribution is -2.25. The van der Waals surface area contributed by atoms with Crippen LogP contribution in [0.25, 0.3) is 0 Å². The zero-order valence-corrected chi connectivity index (χ0v) is 15.8. The Morgan fingerprint density at radius 2 is 2.08 bits per heavy atom. The molecule has 0 atom stereocenters. The number of carbonyl (C=O) groups excluding carboxylic acids is 1. The van der Waals surface area contributed by atoms with Crippen LogP contribution in [0.3, 0.4) is 0 Å². The molecule has 2 heterocycles. The van der Waals surface area contributed by atoms with Crippen LogP contribution in [0.2, 0.25) is 0 Å². The Balaban J connectivity index is 1.59. The average molecular weight is 408 g/mol. The summed E-state index contributed by atoms with van der Waals surface area (Å²) in [6.07, 6.45) is 4.26. The van der Waals surface area contributed by atoms with Crippen LogP contribution in [-0.2, 0) is 0 Å². The van der Waals surface area contributed by atoms with Gasteiger partial charge >= 0.3 is 0 Å². The van der Waals surface area contributed by atoms with Gasteiger partial charge in [0.05, 0.1) is 7.11 Å². The Morgan fingerprint density at radius 3 is 2.76 bits per heavy atom. The normalized spacial score (nSPS) is 14.5. The van der Waals surface area contributed by atoms with Crippen molar-refractivity contribution in [1.29, 1.82) is 0 Å². The number of methoxy groups -OCH3 is 1. The predicted molar refractivity (Wildman–Crippen MR) is 101 cm³/mol. The molecule has 0 unspecified atom stereocenters. The Hall–Kier alpha value is -1.99. The van der Waals surface area contributed by atoms with E-state index in [2.05, 4.69) is 31.1 Å². The van der Waals surface area contributed by atoms with Crippen LogP contribution in [0.4, 0.5) is 5.69 Å². The quantitative estimate of drug-likeness (QED) is 0.736. The van der Waals surface area contributed by atoms with Gasteiger partial charge in [0.2, 0.25) is 0 Å². The minimum absolute atomic E-state index is 0.213. The summed E-state index contributed by atoms with van der Waals surface area (Å²) in [5.74, 6) is 1.07.